The SMILES string of the molecule is COc1ccc(N2CC(C(C)C)NCC2C)cc1OC. The van der Waals surface area contributed by atoms with Gasteiger partial charge in [-0.2, -0.15) is 0 Å². The number of anilines is 1. The van der Waals surface area contributed by atoms with Crippen molar-refractivity contribution >= 4 is 5.69 Å². The molecule has 20 heavy (non-hydrogen) atoms. The van der Waals surface area contributed by atoms with E-state index >= 15 is 0 Å². The van der Waals surface area contributed by atoms with Gasteiger partial charge in [-0.25, -0.2) is 0 Å². The van der Waals surface area contributed by atoms with Crippen LogP contribution in [0.1, 0.15) is 20.8 Å². The van der Waals surface area contributed by atoms with Crippen molar-refractivity contribution in [2.75, 3.05) is 32.2 Å². The second-order valence-corrected chi connectivity index (χ2v) is 5.80. The molecule has 0 spiro atoms. The minimum atomic E-state index is 0.475. The molecule has 1 heterocycles. The zero-order valence-corrected chi connectivity index (χ0v) is 13.1. The molecule has 112 valence electrons. The Balaban J connectivity index is 2.24. The van der Waals surface area contributed by atoms with Gasteiger partial charge in [0.15, 0.2) is 11.5 Å². The lowest BCUT2D eigenvalue weighted by molar-refractivity contribution is 0.335. The van der Waals surface area contributed by atoms with Crippen LogP contribution in [0.3, 0.4) is 0 Å². The molecule has 0 aromatic heterocycles. The standard InChI is InChI=1S/C16H26N2O2/c1-11(2)14-10-18(12(3)9-17-14)13-6-7-15(19-4)16(8-13)20-5/h6-8,11-12,14,17H,9-10H2,1-5H3. The summed E-state index contributed by atoms with van der Waals surface area (Å²) in [6.45, 7) is 8.81. The van der Waals surface area contributed by atoms with Crippen molar-refractivity contribution in [3.63, 3.8) is 0 Å². The van der Waals surface area contributed by atoms with E-state index in [4.69, 9.17) is 9.47 Å². The molecule has 1 aromatic carbocycles. The molecule has 0 saturated carbocycles. The fraction of sp³-hybridized carbons (Fsp3) is 0.625. The first kappa shape index (κ1) is 15.0. The van der Waals surface area contributed by atoms with Crippen LogP contribution < -0.4 is 19.7 Å². The Morgan fingerprint density at radius 1 is 1.20 bits per heavy atom. The van der Waals surface area contributed by atoms with Gasteiger partial charge in [0.05, 0.1) is 14.2 Å². The van der Waals surface area contributed by atoms with Gasteiger partial charge in [0, 0.05) is 36.9 Å². The molecule has 4 heteroatoms. The molecule has 0 radical (unpaired) electrons. The predicted molar refractivity (Wildman–Crippen MR) is 83.0 cm³/mol. The van der Waals surface area contributed by atoms with Crippen molar-refractivity contribution in [1.82, 2.24) is 5.32 Å². The molecular weight excluding hydrogens is 252 g/mol. The average molecular weight is 278 g/mol. The summed E-state index contributed by atoms with van der Waals surface area (Å²) < 4.78 is 10.7. The molecule has 1 fully saturated rings. The van der Waals surface area contributed by atoms with Crippen LogP contribution in [0.5, 0.6) is 11.5 Å². The van der Waals surface area contributed by atoms with Crippen molar-refractivity contribution < 1.29 is 9.47 Å². The monoisotopic (exact) mass is 278 g/mol. The van der Waals surface area contributed by atoms with Crippen LogP contribution in [0, 0.1) is 5.92 Å². The third-order valence-corrected chi connectivity index (χ3v) is 4.10. The van der Waals surface area contributed by atoms with Crippen LogP contribution in [0.15, 0.2) is 18.2 Å². The molecule has 1 aliphatic rings. The molecule has 1 aliphatic heterocycles. The fourth-order valence-electron chi connectivity index (χ4n) is 2.70. The van der Waals surface area contributed by atoms with Crippen molar-refractivity contribution in [2.45, 2.75) is 32.9 Å². The van der Waals surface area contributed by atoms with Crippen molar-refractivity contribution in [1.29, 1.82) is 0 Å². The molecule has 0 bridgehead atoms. The second kappa shape index (κ2) is 6.35. The summed E-state index contributed by atoms with van der Waals surface area (Å²) in [4.78, 5) is 2.45. The van der Waals surface area contributed by atoms with Crippen LogP contribution in [-0.4, -0.2) is 39.4 Å². The van der Waals surface area contributed by atoms with Crippen molar-refractivity contribution in [3.05, 3.63) is 18.2 Å². The van der Waals surface area contributed by atoms with E-state index in [2.05, 4.69) is 43.1 Å². The van der Waals surface area contributed by atoms with Gasteiger partial charge in [-0.05, 0) is 25.0 Å². The normalized spacial score (nSPS) is 23.0. The highest BCUT2D eigenvalue weighted by Crippen LogP contribution is 2.33. The number of benzene rings is 1. The number of methoxy groups -OCH3 is 2. The Morgan fingerprint density at radius 3 is 2.50 bits per heavy atom. The molecule has 2 unspecified atom stereocenters. The molecule has 1 saturated heterocycles. The average Bonchev–Trinajstić information content (AvgIpc) is 2.46. The van der Waals surface area contributed by atoms with Crippen LogP contribution >= 0.6 is 0 Å². The van der Waals surface area contributed by atoms with E-state index in [0.717, 1.165) is 24.6 Å². The lowest BCUT2D eigenvalue weighted by Crippen LogP contribution is -2.57. The Labute approximate surface area is 122 Å². The van der Waals surface area contributed by atoms with E-state index in [1.807, 2.05) is 6.07 Å². The van der Waals surface area contributed by atoms with Gasteiger partial charge in [-0.3, -0.25) is 0 Å². The second-order valence-electron chi connectivity index (χ2n) is 5.80. The van der Waals surface area contributed by atoms with Gasteiger partial charge in [-0.15, -0.1) is 0 Å². The zero-order valence-electron chi connectivity index (χ0n) is 13.1. The summed E-state index contributed by atoms with van der Waals surface area (Å²) in [6.07, 6.45) is 0. The first-order chi connectivity index (χ1) is 9.56. The summed E-state index contributed by atoms with van der Waals surface area (Å²) in [6, 6.07) is 7.16. The molecule has 0 aliphatic carbocycles. The molecule has 2 rings (SSSR count). The number of hydrogen-bond donors (Lipinski definition) is 1. The largest absolute Gasteiger partial charge is 0.493 e. The molecule has 2 atom stereocenters. The lowest BCUT2D eigenvalue weighted by atomic mass is 9.99. The van der Waals surface area contributed by atoms with Gasteiger partial charge in [-0.1, -0.05) is 13.8 Å². The fourth-order valence-corrected chi connectivity index (χ4v) is 2.70. The molecule has 1 aromatic rings. The number of nitrogens with zero attached hydrogens (tertiary/aromatic N) is 1. The minimum Gasteiger partial charge on any atom is -0.493 e. The third-order valence-electron chi connectivity index (χ3n) is 4.10. The van der Waals surface area contributed by atoms with E-state index in [9.17, 15) is 0 Å². The predicted octanol–water partition coefficient (Wildman–Crippen LogP) is 2.53. The van der Waals surface area contributed by atoms with E-state index in [1.165, 1.54) is 5.69 Å². The minimum absolute atomic E-state index is 0.475. The zero-order chi connectivity index (χ0) is 14.7. The summed E-state index contributed by atoms with van der Waals surface area (Å²) >= 11 is 0. The highest BCUT2D eigenvalue weighted by molar-refractivity contribution is 5.57. The van der Waals surface area contributed by atoms with Gasteiger partial charge < -0.3 is 19.7 Å². The number of rotatable bonds is 4. The summed E-state index contributed by atoms with van der Waals surface area (Å²) in [7, 11) is 3.35. The number of nitrogens with one attached hydrogen (secondary N) is 1. The number of hydrogen-bond acceptors (Lipinski definition) is 4. The van der Waals surface area contributed by atoms with E-state index in [0.29, 0.717) is 18.0 Å². The van der Waals surface area contributed by atoms with Gasteiger partial charge >= 0.3 is 0 Å². The quantitative estimate of drug-likeness (QED) is 0.917. The lowest BCUT2D eigenvalue weighted by Gasteiger charge is -2.42. The third kappa shape index (κ3) is 3.01. The van der Waals surface area contributed by atoms with E-state index < -0.39 is 0 Å². The van der Waals surface area contributed by atoms with E-state index in [-0.39, 0.29) is 0 Å². The maximum atomic E-state index is 5.41. The summed E-state index contributed by atoms with van der Waals surface area (Å²) in [5, 5.41) is 3.62. The maximum Gasteiger partial charge on any atom is 0.162 e. The number of piperazine rings is 1. The van der Waals surface area contributed by atoms with Crippen LogP contribution in [-0.2, 0) is 0 Å². The Morgan fingerprint density at radius 2 is 1.90 bits per heavy atom. The Bertz CT molecular complexity index is 448. The molecule has 4 nitrogen and oxygen atoms in total. The maximum absolute atomic E-state index is 5.41. The van der Waals surface area contributed by atoms with Gasteiger partial charge in [0.1, 0.15) is 0 Å². The Kier molecular flexibility index (Phi) is 4.76. The van der Waals surface area contributed by atoms with Crippen LogP contribution in [0.25, 0.3) is 0 Å². The van der Waals surface area contributed by atoms with Crippen molar-refractivity contribution in [2.24, 2.45) is 5.92 Å². The van der Waals surface area contributed by atoms with Crippen LogP contribution in [0.4, 0.5) is 5.69 Å². The molecule has 1 N–H and O–H groups in total. The smallest absolute Gasteiger partial charge is 0.162 e. The summed E-state index contributed by atoms with van der Waals surface area (Å²) in [5.41, 5.74) is 1.20. The van der Waals surface area contributed by atoms with Gasteiger partial charge in [0.25, 0.3) is 0 Å². The first-order valence-electron chi connectivity index (χ1n) is 7.28. The van der Waals surface area contributed by atoms with Crippen molar-refractivity contribution in [3.8, 4) is 11.5 Å². The number of ether oxygens (including phenoxy) is 2. The topological polar surface area (TPSA) is 33.7 Å². The Hall–Kier alpha value is -1.42. The first-order valence-corrected chi connectivity index (χ1v) is 7.28. The highest BCUT2D eigenvalue weighted by atomic mass is 16.5. The molecular formula is C16H26N2O2. The van der Waals surface area contributed by atoms with E-state index in [1.54, 1.807) is 14.2 Å². The van der Waals surface area contributed by atoms with Crippen LogP contribution in [0.2, 0.25) is 0 Å². The molecule has 0 amide bonds. The van der Waals surface area contributed by atoms with Gasteiger partial charge in [0.2, 0.25) is 0 Å². The summed E-state index contributed by atoms with van der Waals surface area (Å²) in [5.74, 6) is 2.20. The highest BCUT2D eigenvalue weighted by Gasteiger charge is 2.27.